The van der Waals surface area contributed by atoms with Crippen LogP contribution >= 0.6 is 0 Å². The van der Waals surface area contributed by atoms with Crippen molar-refractivity contribution in [2.75, 3.05) is 13.1 Å². The third-order valence-corrected chi connectivity index (χ3v) is 2.76. The monoisotopic (exact) mass is 258 g/mol. The van der Waals surface area contributed by atoms with Gasteiger partial charge < -0.3 is 15.3 Å². The number of hydrogen-bond acceptors (Lipinski definition) is 3. The van der Waals surface area contributed by atoms with Crippen molar-refractivity contribution in [2.24, 2.45) is 0 Å². The number of carbonyl (C=O) groups is 2. The molecule has 0 aromatic carbocycles. The van der Waals surface area contributed by atoms with Gasteiger partial charge in [0.25, 0.3) is 0 Å². The summed E-state index contributed by atoms with van der Waals surface area (Å²) in [5, 5.41) is 11.9. The number of carboxylic acid groups (broad SMARTS) is 1. The van der Waals surface area contributed by atoms with Gasteiger partial charge in [0.15, 0.2) is 0 Å². The lowest BCUT2D eigenvalue weighted by molar-refractivity contribution is -0.144. The fourth-order valence-corrected chi connectivity index (χ4v) is 1.80. The summed E-state index contributed by atoms with van der Waals surface area (Å²) in [6, 6.07) is 0. The Labute approximate surface area is 110 Å². The molecule has 0 aromatic heterocycles. The van der Waals surface area contributed by atoms with Crippen LogP contribution < -0.4 is 5.32 Å². The van der Waals surface area contributed by atoms with Crippen molar-refractivity contribution in [3.05, 3.63) is 0 Å². The van der Waals surface area contributed by atoms with Gasteiger partial charge in [0.1, 0.15) is 0 Å². The summed E-state index contributed by atoms with van der Waals surface area (Å²) >= 11 is 0. The zero-order chi connectivity index (χ0) is 14.6. The fourth-order valence-electron chi connectivity index (χ4n) is 1.80. The van der Waals surface area contributed by atoms with Gasteiger partial charge >= 0.3 is 5.97 Å². The first-order valence-electron chi connectivity index (χ1n) is 6.31. The van der Waals surface area contributed by atoms with Crippen LogP contribution in [0.4, 0.5) is 0 Å². The molecule has 0 aliphatic rings. The molecule has 0 aromatic rings. The van der Waals surface area contributed by atoms with Crippen LogP contribution in [0, 0.1) is 0 Å². The Morgan fingerprint density at radius 1 is 1.17 bits per heavy atom. The van der Waals surface area contributed by atoms with Crippen molar-refractivity contribution < 1.29 is 14.7 Å². The number of carbonyl (C=O) groups excluding carboxylic acids is 1. The number of nitrogens with one attached hydrogen (secondary N) is 1. The highest BCUT2D eigenvalue weighted by atomic mass is 16.4. The molecule has 1 amide bonds. The average molecular weight is 258 g/mol. The van der Waals surface area contributed by atoms with E-state index in [0.29, 0.717) is 6.54 Å². The largest absolute Gasteiger partial charge is 0.481 e. The maximum atomic E-state index is 12.5. The molecule has 5 heteroatoms. The molecule has 5 nitrogen and oxygen atoms in total. The minimum Gasteiger partial charge on any atom is -0.481 e. The summed E-state index contributed by atoms with van der Waals surface area (Å²) in [5.74, 6) is -0.962. The second kappa shape index (κ2) is 6.18. The van der Waals surface area contributed by atoms with Crippen molar-refractivity contribution >= 4 is 11.9 Å². The molecule has 0 aliphatic heterocycles. The molecule has 0 bridgehead atoms. The molecule has 2 N–H and O–H groups in total. The van der Waals surface area contributed by atoms with E-state index in [1.165, 1.54) is 0 Å². The van der Waals surface area contributed by atoms with E-state index in [2.05, 4.69) is 5.32 Å². The number of aliphatic carboxylic acids is 1. The zero-order valence-electron chi connectivity index (χ0n) is 12.3. The topological polar surface area (TPSA) is 69.6 Å². The maximum Gasteiger partial charge on any atom is 0.305 e. The summed E-state index contributed by atoms with van der Waals surface area (Å²) in [4.78, 5) is 24.8. The third-order valence-electron chi connectivity index (χ3n) is 2.76. The van der Waals surface area contributed by atoms with Crippen LogP contribution in [-0.4, -0.2) is 46.1 Å². The molecule has 0 fully saturated rings. The van der Waals surface area contributed by atoms with E-state index >= 15 is 0 Å². The molecule has 0 saturated heterocycles. The highest BCUT2D eigenvalue weighted by Crippen LogP contribution is 2.19. The molecule has 0 rings (SSSR count). The number of amides is 1. The molecular weight excluding hydrogens is 232 g/mol. The molecule has 0 atom stereocenters. The van der Waals surface area contributed by atoms with Gasteiger partial charge in [-0.25, -0.2) is 0 Å². The minimum atomic E-state index is -0.890. The van der Waals surface area contributed by atoms with E-state index in [1.807, 2.05) is 41.5 Å². The Morgan fingerprint density at radius 3 is 2.00 bits per heavy atom. The highest BCUT2D eigenvalue weighted by molar-refractivity contribution is 5.86. The number of rotatable bonds is 6. The van der Waals surface area contributed by atoms with E-state index < -0.39 is 11.5 Å². The summed E-state index contributed by atoms with van der Waals surface area (Å²) in [6.45, 7) is 12.2. The van der Waals surface area contributed by atoms with E-state index in [0.717, 1.165) is 0 Å². The Morgan fingerprint density at radius 2 is 1.67 bits per heavy atom. The predicted octanol–water partition coefficient (Wildman–Crippen LogP) is 1.48. The van der Waals surface area contributed by atoms with Gasteiger partial charge in [-0.3, -0.25) is 9.59 Å². The molecule has 0 heterocycles. The van der Waals surface area contributed by atoms with Gasteiger partial charge in [-0.1, -0.05) is 6.92 Å². The lowest BCUT2D eigenvalue weighted by Crippen LogP contribution is -2.59. The second-order valence-corrected chi connectivity index (χ2v) is 5.93. The fraction of sp³-hybridized carbons (Fsp3) is 0.846. The predicted molar refractivity (Wildman–Crippen MR) is 71.5 cm³/mol. The van der Waals surface area contributed by atoms with Crippen molar-refractivity contribution in [1.29, 1.82) is 0 Å². The summed E-state index contributed by atoms with van der Waals surface area (Å²) in [6.07, 6.45) is -0.0365. The number of hydrogen-bond donors (Lipinski definition) is 2. The number of likely N-dealkylation sites (N-methyl/N-ethyl adjacent to an activating group) is 1. The molecule has 0 spiro atoms. The second-order valence-electron chi connectivity index (χ2n) is 5.93. The van der Waals surface area contributed by atoms with Gasteiger partial charge in [-0.15, -0.1) is 0 Å². The first kappa shape index (κ1) is 16.9. The highest BCUT2D eigenvalue weighted by Gasteiger charge is 2.36. The van der Waals surface area contributed by atoms with Gasteiger partial charge in [0, 0.05) is 12.1 Å². The third kappa shape index (κ3) is 5.04. The molecule has 0 aliphatic carbocycles. The Kier molecular flexibility index (Phi) is 5.80. The molecule has 18 heavy (non-hydrogen) atoms. The van der Waals surface area contributed by atoms with E-state index in [-0.39, 0.29) is 24.4 Å². The first-order valence-corrected chi connectivity index (χ1v) is 6.31. The van der Waals surface area contributed by atoms with Crippen LogP contribution in [0.2, 0.25) is 0 Å². The summed E-state index contributed by atoms with van der Waals surface area (Å²) < 4.78 is 0. The Bertz CT molecular complexity index is 306. The molecular formula is C13H26N2O3. The molecule has 0 saturated carbocycles. The van der Waals surface area contributed by atoms with Crippen LogP contribution in [0.15, 0.2) is 0 Å². The van der Waals surface area contributed by atoms with Gasteiger partial charge in [-0.2, -0.15) is 0 Å². The average Bonchev–Trinajstić information content (AvgIpc) is 2.14. The Balaban J connectivity index is 4.97. The lowest BCUT2D eigenvalue weighted by Gasteiger charge is -2.40. The minimum absolute atomic E-state index is 0.0365. The van der Waals surface area contributed by atoms with Gasteiger partial charge in [-0.05, 0) is 41.2 Å². The number of carboxylic acids is 1. The summed E-state index contributed by atoms with van der Waals surface area (Å²) in [5.41, 5.74) is -1.07. The van der Waals surface area contributed by atoms with Gasteiger partial charge in [0.2, 0.25) is 5.91 Å². The maximum absolute atomic E-state index is 12.5. The SMILES string of the molecule is CCNC(C)(C)C(=O)N(CCC(=O)O)C(C)(C)C. The smallest absolute Gasteiger partial charge is 0.305 e. The number of nitrogens with zero attached hydrogens (tertiary/aromatic N) is 1. The van der Waals surface area contributed by atoms with E-state index in [4.69, 9.17) is 5.11 Å². The molecule has 0 unspecified atom stereocenters. The standard InChI is InChI=1S/C13H26N2O3/c1-7-14-13(5,6)11(18)15(12(2,3)4)9-8-10(16)17/h14H,7-9H2,1-6H3,(H,16,17). The lowest BCUT2D eigenvalue weighted by atomic mass is 9.97. The first-order chi connectivity index (χ1) is 8.02. The quantitative estimate of drug-likeness (QED) is 0.757. The van der Waals surface area contributed by atoms with Crippen molar-refractivity contribution in [2.45, 2.75) is 59.0 Å². The zero-order valence-corrected chi connectivity index (χ0v) is 12.3. The van der Waals surface area contributed by atoms with E-state index in [1.54, 1.807) is 4.90 Å². The van der Waals surface area contributed by atoms with Crippen LogP contribution in [-0.2, 0) is 9.59 Å². The molecule has 106 valence electrons. The van der Waals surface area contributed by atoms with Crippen molar-refractivity contribution in [3.63, 3.8) is 0 Å². The summed E-state index contributed by atoms with van der Waals surface area (Å²) in [7, 11) is 0. The normalized spacial score (nSPS) is 12.3. The van der Waals surface area contributed by atoms with E-state index in [9.17, 15) is 9.59 Å². The van der Waals surface area contributed by atoms with Gasteiger partial charge in [0.05, 0.1) is 12.0 Å². The molecule has 0 radical (unpaired) electrons. The Hall–Kier alpha value is -1.10. The van der Waals surface area contributed by atoms with Crippen LogP contribution in [0.1, 0.15) is 48.0 Å². The van der Waals surface area contributed by atoms with Crippen LogP contribution in [0.3, 0.4) is 0 Å². The van der Waals surface area contributed by atoms with Crippen LogP contribution in [0.5, 0.6) is 0 Å². The van der Waals surface area contributed by atoms with Crippen molar-refractivity contribution in [3.8, 4) is 0 Å². The van der Waals surface area contributed by atoms with Crippen LogP contribution in [0.25, 0.3) is 0 Å². The van der Waals surface area contributed by atoms with Crippen molar-refractivity contribution in [1.82, 2.24) is 10.2 Å².